The van der Waals surface area contributed by atoms with Crippen molar-refractivity contribution in [3.63, 3.8) is 0 Å². The number of nitrogens with one attached hydrogen (secondary N) is 1. The van der Waals surface area contributed by atoms with Gasteiger partial charge in [0.1, 0.15) is 17.1 Å². The lowest BCUT2D eigenvalue weighted by Crippen LogP contribution is -2.16. The third-order valence-electron chi connectivity index (χ3n) is 3.57. The first-order valence-electron chi connectivity index (χ1n) is 7.77. The van der Waals surface area contributed by atoms with Crippen LogP contribution in [-0.4, -0.2) is 21.9 Å². The quantitative estimate of drug-likeness (QED) is 0.749. The van der Waals surface area contributed by atoms with Gasteiger partial charge >= 0.3 is 0 Å². The van der Waals surface area contributed by atoms with E-state index in [-0.39, 0.29) is 5.91 Å². The van der Waals surface area contributed by atoms with Crippen LogP contribution in [-0.2, 0) is 0 Å². The number of aromatic nitrogens is 2. The Balaban J connectivity index is 1.94. The number of hydrogen-bond donors (Lipinski definition) is 1. The molecule has 1 aromatic carbocycles. The number of carbonyl (C=O) groups is 1. The zero-order valence-corrected chi connectivity index (χ0v) is 14.3. The maximum Gasteiger partial charge on any atom is 0.274 e. The molecule has 0 fully saturated rings. The van der Waals surface area contributed by atoms with Gasteiger partial charge in [0, 0.05) is 6.20 Å². The number of para-hydroxylation sites is 2. The molecule has 0 atom stereocenters. The molecule has 3 rings (SSSR count). The van der Waals surface area contributed by atoms with Crippen LogP contribution in [0.1, 0.15) is 29.5 Å². The fraction of sp³-hybridized carbons (Fsp3) is 0.222. The standard InChI is InChI=1S/C18H18ClN3O2/c1-3-10-24-15-7-5-4-6-14(15)21-18(23)17-12(2)20-16-9-8-13(19)11-22(16)17/h4-9,11H,3,10H2,1-2H3,(H,21,23). The van der Waals surface area contributed by atoms with Crippen molar-refractivity contribution in [3.8, 4) is 5.75 Å². The number of rotatable bonds is 5. The first kappa shape index (κ1) is 16.3. The van der Waals surface area contributed by atoms with E-state index in [9.17, 15) is 4.79 Å². The summed E-state index contributed by atoms with van der Waals surface area (Å²) in [4.78, 5) is 17.2. The molecule has 0 radical (unpaired) electrons. The second-order valence-electron chi connectivity index (χ2n) is 5.42. The van der Waals surface area contributed by atoms with Crippen molar-refractivity contribution < 1.29 is 9.53 Å². The largest absolute Gasteiger partial charge is 0.491 e. The van der Waals surface area contributed by atoms with E-state index in [0.717, 1.165) is 6.42 Å². The molecular formula is C18H18ClN3O2. The monoisotopic (exact) mass is 343 g/mol. The molecule has 1 amide bonds. The van der Waals surface area contributed by atoms with Gasteiger partial charge in [-0.25, -0.2) is 4.98 Å². The number of benzene rings is 1. The molecule has 6 heteroatoms. The summed E-state index contributed by atoms with van der Waals surface area (Å²) in [6.45, 7) is 4.43. The van der Waals surface area contributed by atoms with E-state index in [0.29, 0.717) is 40.1 Å². The Kier molecular flexibility index (Phi) is 4.71. The van der Waals surface area contributed by atoms with Crippen LogP contribution in [0.25, 0.3) is 5.65 Å². The summed E-state index contributed by atoms with van der Waals surface area (Å²) < 4.78 is 7.38. The van der Waals surface area contributed by atoms with Crippen molar-refractivity contribution in [2.24, 2.45) is 0 Å². The molecule has 0 spiro atoms. The van der Waals surface area contributed by atoms with Crippen LogP contribution in [0.3, 0.4) is 0 Å². The van der Waals surface area contributed by atoms with Gasteiger partial charge in [-0.3, -0.25) is 9.20 Å². The highest BCUT2D eigenvalue weighted by molar-refractivity contribution is 6.30. The van der Waals surface area contributed by atoms with Crippen molar-refractivity contribution in [2.75, 3.05) is 11.9 Å². The molecular weight excluding hydrogens is 326 g/mol. The van der Waals surface area contributed by atoms with Gasteiger partial charge in [0.2, 0.25) is 0 Å². The maximum absolute atomic E-state index is 12.8. The molecule has 0 unspecified atom stereocenters. The van der Waals surface area contributed by atoms with E-state index in [2.05, 4.69) is 10.3 Å². The van der Waals surface area contributed by atoms with E-state index in [1.807, 2.05) is 31.2 Å². The molecule has 3 aromatic rings. The van der Waals surface area contributed by atoms with Crippen molar-refractivity contribution in [1.29, 1.82) is 0 Å². The minimum Gasteiger partial charge on any atom is -0.491 e. The zero-order valence-electron chi connectivity index (χ0n) is 13.5. The van der Waals surface area contributed by atoms with Gasteiger partial charge in [0.05, 0.1) is 23.0 Å². The second-order valence-corrected chi connectivity index (χ2v) is 5.86. The molecule has 0 bridgehead atoms. The smallest absolute Gasteiger partial charge is 0.274 e. The maximum atomic E-state index is 12.8. The fourth-order valence-electron chi connectivity index (χ4n) is 2.50. The zero-order chi connectivity index (χ0) is 17.1. The topological polar surface area (TPSA) is 55.6 Å². The number of hydrogen-bond acceptors (Lipinski definition) is 3. The average molecular weight is 344 g/mol. The second kappa shape index (κ2) is 6.93. The number of anilines is 1. The van der Waals surface area contributed by atoms with Crippen LogP contribution in [0.15, 0.2) is 42.6 Å². The van der Waals surface area contributed by atoms with E-state index in [1.54, 1.807) is 29.7 Å². The minimum atomic E-state index is -0.255. The highest BCUT2D eigenvalue weighted by Gasteiger charge is 2.18. The number of amides is 1. The molecule has 1 N–H and O–H groups in total. The summed E-state index contributed by atoms with van der Waals surface area (Å²) in [6.07, 6.45) is 2.58. The number of halogens is 1. The molecule has 5 nitrogen and oxygen atoms in total. The predicted molar refractivity (Wildman–Crippen MR) is 95.1 cm³/mol. The van der Waals surface area contributed by atoms with Gasteiger partial charge in [-0.1, -0.05) is 30.7 Å². The number of aryl methyl sites for hydroxylation is 1. The number of fused-ring (bicyclic) bond motifs is 1. The summed E-state index contributed by atoms with van der Waals surface area (Å²) in [5.74, 6) is 0.395. The summed E-state index contributed by atoms with van der Waals surface area (Å²) in [5, 5.41) is 3.45. The summed E-state index contributed by atoms with van der Waals surface area (Å²) in [7, 11) is 0. The lowest BCUT2D eigenvalue weighted by molar-refractivity contribution is 0.102. The Morgan fingerprint density at radius 3 is 2.88 bits per heavy atom. The molecule has 0 aliphatic rings. The van der Waals surface area contributed by atoms with Gasteiger partial charge in [-0.05, 0) is 37.6 Å². The Morgan fingerprint density at radius 2 is 2.08 bits per heavy atom. The van der Waals surface area contributed by atoms with Crippen LogP contribution in [0.4, 0.5) is 5.69 Å². The normalized spacial score (nSPS) is 10.8. The van der Waals surface area contributed by atoms with E-state index >= 15 is 0 Å². The van der Waals surface area contributed by atoms with Gasteiger partial charge < -0.3 is 10.1 Å². The lowest BCUT2D eigenvalue weighted by Gasteiger charge is -2.12. The summed E-state index contributed by atoms with van der Waals surface area (Å²) in [6, 6.07) is 10.9. The Morgan fingerprint density at radius 1 is 1.29 bits per heavy atom. The van der Waals surface area contributed by atoms with Gasteiger partial charge in [-0.15, -0.1) is 0 Å². The molecule has 2 heterocycles. The van der Waals surface area contributed by atoms with Gasteiger partial charge in [0.25, 0.3) is 5.91 Å². The van der Waals surface area contributed by atoms with Crippen molar-refractivity contribution in [2.45, 2.75) is 20.3 Å². The summed E-state index contributed by atoms with van der Waals surface area (Å²) >= 11 is 6.05. The number of nitrogens with zero attached hydrogens (tertiary/aromatic N) is 2. The molecule has 2 aromatic heterocycles. The molecule has 24 heavy (non-hydrogen) atoms. The summed E-state index contributed by atoms with van der Waals surface area (Å²) in [5.41, 5.74) is 2.41. The van der Waals surface area contributed by atoms with Crippen LogP contribution < -0.4 is 10.1 Å². The van der Waals surface area contributed by atoms with Crippen molar-refractivity contribution >= 4 is 28.8 Å². The predicted octanol–water partition coefficient (Wildman–Crippen LogP) is 4.34. The van der Waals surface area contributed by atoms with Crippen LogP contribution in [0, 0.1) is 6.92 Å². The molecule has 0 aliphatic carbocycles. The number of pyridine rings is 1. The van der Waals surface area contributed by atoms with Crippen molar-refractivity contribution in [1.82, 2.24) is 9.38 Å². The fourth-order valence-corrected chi connectivity index (χ4v) is 2.66. The highest BCUT2D eigenvalue weighted by Crippen LogP contribution is 2.25. The highest BCUT2D eigenvalue weighted by atomic mass is 35.5. The van der Waals surface area contributed by atoms with E-state index < -0.39 is 0 Å². The average Bonchev–Trinajstić information content (AvgIpc) is 2.89. The number of carbonyl (C=O) groups excluding carboxylic acids is 1. The SMILES string of the molecule is CCCOc1ccccc1NC(=O)c1c(C)nc2ccc(Cl)cn12. The van der Waals surface area contributed by atoms with E-state index in [4.69, 9.17) is 16.3 Å². The first-order valence-corrected chi connectivity index (χ1v) is 8.15. The van der Waals surface area contributed by atoms with Gasteiger partial charge in [-0.2, -0.15) is 0 Å². The van der Waals surface area contributed by atoms with Crippen LogP contribution in [0.2, 0.25) is 5.02 Å². The minimum absolute atomic E-state index is 0.255. The third kappa shape index (κ3) is 3.21. The molecule has 0 saturated heterocycles. The van der Waals surface area contributed by atoms with Crippen molar-refractivity contribution in [3.05, 3.63) is 59.0 Å². The molecule has 0 aliphatic heterocycles. The number of imidazole rings is 1. The first-order chi connectivity index (χ1) is 11.6. The van der Waals surface area contributed by atoms with E-state index in [1.165, 1.54) is 0 Å². The van der Waals surface area contributed by atoms with Gasteiger partial charge in [0.15, 0.2) is 0 Å². The third-order valence-corrected chi connectivity index (χ3v) is 3.79. The Hall–Kier alpha value is -2.53. The Bertz CT molecular complexity index is 889. The molecule has 0 saturated carbocycles. The lowest BCUT2D eigenvalue weighted by atomic mass is 10.2. The van der Waals surface area contributed by atoms with Crippen LogP contribution in [0.5, 0.6) is 5.75 Å². The molecule has 124 valence electrons. The number of ether oxygens (including phenoxy) is 1. The Labute approximate surface area is 145 Å². The van der Waals surface area contributed by atoms with Crippen LogP contribution >= 0.6 is 11.6 Å².